The maximum Gasteiger partial charge on any atom is 0.263 e. The van der Waals surface area contributed by atoms with Gasteiger partial charge in [0.25, 0.3) is 5.96 Å². The predicted molar refractivity (Wildman–Crippen MR) is 65.1 cm³/mol. The van der Waals surface area contributed by atoms with Crippen molar-refractivity contribution in [2.75, 3.05) is 0 Å². The topological polar surface area (TPSA) is 94.3 Å². The predicted octanol–water partition coefficient (Wildman–Crippen LogP) is 0.224. The number of aliphatic hydroxyl groups excluding tert-OH is 1. The van der Waals surface area contributed by atoms with Crippen LogP contribution in [-0.2, 0) is 0 Å². The lowest BCUT2D eigenvalue weighted by Crippen LogP contribution is -2.38. The zero-order valence-corrected chi connectivity index (χ0v) is 9.20. The Balaban J connectivity index is 1.94. The number of aliphatic imine (C=N–C) groups is 1. The summed E-state index contributed by atoms with van der Waals surface area (Å²) < 4.78 is 0. The molecular formula is C10H12N6O. The summed E-state index contributed by atoms with van der Waals surface area (Å²) in [4.78, 5) is 7.87. The van der Waals surface area contributed by atoms with E-state index in [4.69, 9.17) is 0 Å². The van der Waals surface area contributed by atoms with Gasteiger partial charge in [-0.25, -0.2) is 5.43 Å². The monoisotopic (exact) mass is 232 g/mol. The molecule has 1 aromatic rings. The van der Waals surface area contributed by atoms with Crippen LogP contribution >= 0.6 is 0 Å². The zero-order valence-electron chi connectivity index (χ0n) is 9.20. The number of pyridine rings is 1. The first-order valence-corrected chi connectivity index (χ1v) is 5.06. The summed E-state index contributed by atoms with van der Waals surface area (Å²) in [6.45, 7) is 1.75. The Morgan fingerprint density at radius 2 is 2.41 bits per heavy atom. The van der Waals surface area contributed by atoms with Crippen LogP contribution in [0, 0.1) is 0 Å². The molecule has 88 valence electrons. The van der Waals surface area contributed by atoms with E-state index in [1.807, 2.05) is 18.2 Å². The van der Waals surface area contributed by atoms with Crippen molar-refractivity contribution in [3.63, 3.8) is 0 Å². The largest absolute Gasteiger partial charge is 0.495 e. The van der Waals surface area contributed by atoms with E-state index in [-0.39, 0.29) is 17.9 Å². The van der Waals surface area contributed by atoms with E-state index in [0.717, 1.165) is 0 Å². The number of aliphatic hydroxyl groups is 1. The zero-order chi connectivity index (χ0) is 12.1. The van der Waals surface area contributed by atoms with Gasteiger partial charge in [-0.3, -0.25) is 10.4 Å². The summed E-state index contributed by atoms with van der Waals surface area (Å²) >= 11 is 0. The van der Waals surface area contributed by atoms with Crippen LogP contribution in [0.25, 0.3) is 0 Å². The van der Waals surface area contributed by atoms with Crippen molar-refractivity contribution in [1.82, 2.24) is 15.8 Å². The molecule has 0 aromatic carbocycles. The van der Waals surface area contributed by atoms with Gasteiger partial charge in [-0.2, -0.15) is 10.1 Å². The van der Waals surface area contributed by atoms with Crippen LogP contribution in [0.2, 0.25) is 0 Å². The number of hydrogen-bond acceptors (Lipinski definition) is 6. The normalized spacial score (nSPS) is 19.5. The Hall–Kier alpha value is -2.44. The fourth-order valence-electron chi connectivity index (χ4n) is 1.10. The van der Waals surface area contributed by atoms with E-state index in [2.05, 4.69) is 31.0 Å². The van der Waals surface area contributed by atoms with Crippen molar-refractivity contribution in [3.05, 3.63) is 30.1 Å². The highest BCUT2D eigenvalue weighted by molar-refractivity contribution is 5.96. The minimum atomic E-state index is -0.277. The molecule has 1 unspecified atom stereocenters. The Morgan fingerprint density at radius 1 is 1.53 bits per heavy atom. The molecular weight excluding hydrogens is 220 g/mol. The summed E-state index contributed by atoms with van der Waals surface area (Å²) in [5, 5.41) is 17.1. The Morgan fingerprint density at radius 3 is 3.12 bits per heavy atom. The van der Waals surface area contributed by atoms with Crippen LogP contribution in [0.15, 0.2) is 39.6 Å². The average molecular weight is 232 g/mol. The van der Waals surface area contributed by atoms with E-state index >= 15 is 0 Å². The lowest BCUT2D eigenvalue weighted by molar-refractivity contribution is 0.486. The highest BCUT2D eigenvalue weighted by atomic mass is 16.3. The second-order valence-corrected chi connectivity index (χ2v) is 3.38. The maximum atomic E-state index is 9.37. The van der Waals surface area contributed by atoms with Gasteiger partial charge in [-0.05, 0) is 19.1 Å². The minimum absolute atomic E-state index is 0.0319. The maximum absolute atomic E-state index is 9.37. The molecule has 0 saturated carbocycles. The van der Waals surface area contributed by atoms with Gasteiger partial charge >= 0.3 is 0 Å². The number of hydrogen-bond donors (Lipinski definition) is 3. The minimum Gasteiger partial charge on any atom is -0.495 e. The lowest BCUT2D eigenvalue weighted by atomic mass is 10.3. The molecule has 0 amide bonds. The molecule has 2 heterocycles. The third-order valence-corrected chi connectivity index (χ3v) is 2.02. The number of rotatable bonds is 2. The standard InChI is InChI=1S/C10H12N6O/c1-7-9(17)13-10(16-14-7)15-12-6-8-4-2-3-5-11-8/h2-7,14H,1H3,(H2,13,15,16,17)/b12-6+. The van der Waals surface area contributed by atoms with Gasteiger partial charge in [0.2, 0.25) is 5.90 Å². The van der Waals surface area contributed by atoms with Gasteiger partial charge in [-0.1, -0.05) is 6.07 Å². The lowest BCUT2D eigenvalue weighted by Gasteiger charge is -2.14. The number of guanidine groups is 1. The SMILES string of the molecule is CC1NN=C(N/N=C/c2ccccn2)N=C1O. The van der Waals surface area contributed by atoms with E-state index in [9.17, 15) is 5.11 Å². The van der Waals surface area contributed by atoms with Crippen LogP contribution in [0.4, 0.5) is 0 Å². The van der Waals surface area contributed by atoms with Gasteiger partial charge < -0.3 is 5.11 Å². The van der Waals surface area contributed by atoms with Gasteiger partial charge in [-0.15, -0.1) is 5.10 Å². The average Bonchev–Trinajstić information content (AvgIpc) is 2.35. The summed E-state index contributed by atoms with van der Waals surface area (Å²) in [7, 11) is 0. The molecule has 1 atom stereocenters. The Bertz CT molecular complexity index is 467. The van der Waals surface area contributed by atoms with E-state index in [1.165, 1.54) is 6.21 Å². The number of nitrogens with one attached hydrogen (secondary N) is 2. The molecule has 1 aliphatic rings. The third-order valence-electron chi connectivity index (χ3n) is 2.02. The van der Waals surface area contributed by atoms with Crippen LogP contribution in [0.3, 0.4) is 0 Å². The highest BCUT2D eigenvalue weighted by Crippen LogP contribution is 1.93. The summed E-state index contributed by atoms with van der Waals surface area (Å²) in [5.41, 5.74) is 5.99. The molecule has 0 bridgehead atoms. The molecule has 17 heavy (non-hydrogen) atoms. The molecule has 1 aliphatic heterocycles. The highest BCUT2D eigenvalue weighted by Gasteiger charge is 2.13. The van der Waals surface area contributed by atoms with Gasteiger partial charge in [0.05, 0.1) is 11.9 Å². The number of hydrazone groups is 2. The molecule has 0 radical (unpaired) electrons. The van der Waals surface area contributed by atoms with Crippen molar-refractivity contribution in [1.29, 1.82) is 0 Å². The third kappa shape index (κ3) is 3.00. The summed E-state index contributed by atoms with van der Waals surface area (Å²) in [6, 6.07) is 5.22. The van der Waals surface area contributed by atoms with Crippen LogP contribution < -0.4 is 10.9 Å². The van der Waals surface area contributed by atoms with E-state index < -0.39 is 0 Å². The molecule has 0 spiro atoms. The van der Waals surface area contributed by atoms with Crippen LogP contribution in [0.1, 0.15) is 12.6 Å². The van der Waals surface area contributed by atoms with E-state index in [1.54, 1.807) is 13.1 Å². The fourth-order valence-corrected chi connectivity index (χ4v) is 1.10. The summed E-state index contributed by atoms with van der Waals surface area (Å²) in [6.07, 6.45) is 3.21. The molecule has 7 heteroatoms. The summed E-state index contributed by atoms with van der Waals surface area (Å²) in [5.74, 6) is 0.170. The molecule has 0 fully saturated rings. The molecule has 1 aromatic heterocycles. The molecule has 3 N–H and O–H groups in total. The Kier molecular flexibility index (Phi) is 3.29. The van der Waals surface area contributed by atoms with Crippen molar-refractivity contribution in [2.45, 2.75) is 13.0 Å². The first-order valence-electron chi connectivity index (χ1n) is 5.06. The second-order valence-electron chi connectivity index (χ2n) is 3.38. The number of aromatic nitrogens is 1. The van der Waals surface area contributed by atoms with E-state index in [0.29, 0.717) is 5.69 Å². The van der Waals surface area contributed by atoms with Crippen LogP contribution in [-0.4, -0.2) is 34.2 Å². The first kappa shape index (κ1) is 11.1. The molecule has 2 rings (SSSR count). The van der Waals surface area contributed by atoms with Crippen LogP contribution in [0.5, 0.6) is 0 Å². The number of nitrogens with zero attached hydrogens (tertiary/aromatic N) is 4. The van der Waals surface area contributed by atoms with Gasteiger partial charge in [0.15, 0.2) is 0 Å². The van der Waals surface area contributed by atoms with Gasteiger partial charge in [0, 0.05) is 6.20 Å². The Labute approximate surface area is 98.0 Å². The fraction of sp³-hybridized carbons (Fsp3) is 0.200. The smallest absolute Gasteiger partial charge is 0.263 e. The van der Waals surface area contributed by atoms with Crippen molar-refractivity contribution >= 4 is 18.1 Å². The molecule has 7 nitrogen and oxygen atoms in total. The van der Waals surface area contributed by atoms with Crippen molar-refractivity contribution in [3.8, 4) is 0 Å². The molecule has 0 saturated heterocycles. The first-order chi connectivity index (χ1) is 8.25. The quantitative estimate of drug-likeness (QED) is 0.502. The van der Waals surface area contributed by atoms with Crippen molar-refractivity contribution < 1.29 is 5.11 Å². The molecule has 0 aliphatic carbocycles. The van der Waals surface area contributed by atoms with Gasteiger partial charge in [0.1, 0.15) is 6.04 Å². The van der Waals surface area contributed by atoms with Crippen molar-refractivity contribution in [2.24, 2.45) is 15.2 Å². The second kappa shape index (κ2) is 5.06.